The Bertz CT molecular complexity index is 577. The summed E-state index contributed by atoms with van der Waals surface area (Å²) in [5.41, 5.74) is 0. The summed E-state index contributed by atoms with van der Waals surface area (Å²) in [5, 5.41) is 12.3. The fourth-order valence-corrected chi connectivity index (χ4v) is 3.51. The number of nitrogens with zero attached hydrogens (tertiary/aromatic N) is 4. The number of hydrogen-bond donors (Lipinski definition) is 2. The minimum Gasteiger partial charge on any atom is -0.301 e. The van der Waals surface area contributed by atoms with Crippen LogP contribution in [0, 0.1) is 0 Å². The second kappa shape index (κ2) is 6.97. The number of thiazole rings is 1. The summed E-state index contributed by atoms with van der Waals surface area (Å²) in [6, 6.07) is -0.0976. The zero-order chi connectivity index (χ0) is 15.4. The van der Waals surface area contributed by atoms with Crippen molar-refractivity contribution in [1.29, 1.82) is 0 Å². The normalized spacial score (nSPS) is 18.2. The van der Waals surface area contributed by atoms with Gasteiger partial charge in [-0.15, -0.1) is 11.3 Å². The quantitative estimate of drug-likeness (QED) is 0.878. The van der Waals surface area contributed by atoms with Crippen molar-refractivity contribution >= 4 is 22.4 Å². The number of nitrogens with one attached hydrogen (secondary N) is 2. The van der Waals surface area contributed by atoms with Crippen molar-refractivity contribution in [2.24, 2.45) is 0 Å². The van der Waals surface area contributed by atoms with Crippen LogP contribution in [0.5, 0.6) is 0 Å². The van der Waals surface area contributed by atoms with Crippen LogP contribution in [-0.2, 0) is 4.79 Å². The number of carbonyl (C=O) groups excluding carboxylic acids is 1. The van der Waals surface area contributed by atoms with Crippen molar-refractivity contribution in [1.82, 2.24) is 25.1 Å². The van der Waals surface area contributed by atoms with Crippen LogP contribution in [0.2, 0.25) is 0 Å². The highest BCUT2D eigenvalue weighted by atomic mass is 32.1. The summed E-state index contributed by atoms with van der Waals surface area (Å²) in [7, 11) is 0. The lowest BCUT2D eigenvalue weighted by molar-refractivity contribution is -0.121. The van der Waals surface area contributed by atoms with E-state index in [1.54, 1.807) is 12.5 Å². The van der Waals surface area contributed by atoms with Crippen LogP contribution < -0.4 is 5.32 Å². The molecular formula is C14H20N6OS. The Balaban J connectivity index is 1.57. The molecule has 2 aromatic heterocycles. The lowest BCUT2D eigenvalue weighted by atomic mass is 9.94. The van der Waals surface area contributed by atoms with Gasteiger partial charge in [-0.05, 0) is 32.4 Å². The molecule has 1 atom stereocenters. The molecule has 8 heteroatoms. The van der Waals surface area contributed by atoms with Crippen LogP contribution in [0.3, 0.4) is 0 Å². The molecular weight excluding hydrogens is 300 g/mol. The van der Waals surface area contributed by atoms with E-state index in [0.29, 0.717) is 11.0 Å². The molecule has 0 radical (unpaired) electrons. The zero-order valence-electron chi connectivity index (χ0n) is 12.5. The second-order valence-corrected chi connectivity index (χ2v) is 6.33. The first-order valence-corrected chi connectivity index (χ1v) is 8.45. The molecule has 1 amide bonds. The molecule has 3 heterocycles. The minimum atomic E-state index is -0.0976. The lowest BCUT2D eigenvalue weighted by Gasteiger charge is -2.35. The molecule has 0 bridgehead atoms. The van der Waals surface area contributed by atoms with Crippen LogP contribution >= 0.6 is 11.3 Å². The highest BCUT2D eigenvalue weighted by molar-refractivity contribution is 7.13. The summed E-state index contributed by atoms with van der Waals surface area (Å²) < 4.78 is 0. The third-order valence-electron chi connectivity index (χ3n) is 4.14. The summed E-state index contributed by atoms with van der Waals surface area (Å²) in [6.07, 6.45) is 6.04. The van der Waals surface area contributed by atoms with E-state index in [1.165, 1.54) is 11.3 Å². The van der Waals surface area contributed by atoms with Crippen molar-refractivity contribution in [3.63, 3.8) is 0 Å². The standard InChI is InChI=1S/C14H20N6OS/c1-2-11(13(21)18-14-15-5-8-22-14)20-6-3-10(4-7-20)12-16-9-17-19-12/h5,8-11H,2-4,6-7H2,1H3,(H,15,18,21)(H,16,17,19)/t11-/m1/s1. The third-order valence-corrected chi connectivity index (χ3v) is 4.83. The highest BCUT2D eigenvalue weighted by Crippen LogP contribution is 2.27. The number of anilines is 1. The molecule has 0 aliphatic carbocycles. The van der Waals surface area contributed by atoms with Crippen molar-refractivity contribution in [2.75, 3.05) is 18.4 Å². The van der Waals surface area contributed by atoms with Gasteiger partial charge in [0.1, 0.15) is 12.2 Å². The van der Waals surface area contributed by atoms with Crippen molar-refractivity contribution in [2.45, 2.75) is 38.1 Å². The Morgan fingerprint density at radius 2 is 2.32 bits per heavy atom. The molecule has 118 valence electrons. The summed E-state index contributed by atoms with van der Waals surface area (Å²) in [4.78, 5) is 23.1. The molecule has 0 aromatic carbocycles. The molecule has 2 N–H and O–H groups in total. The van der Waals surface area contributed by atoms with Crippen molar-refractivity contribution < 1.29 is 4.79 Å². The van der Waals surface area contributed by atoms with Crippen molar-refractivity contribution in [3.8, 4) is 0 Å². The van der Waals surface area contributed by atoms with Crippen LogP contribution in [0.25, 0.3) is 0 Å². The number of hydrogen-bond acceptors (Lipinski definition) is 6. The molecule has 1 aliphatic heterocycles. The van der Waals surface area contributed by atoms with Gasteiger partial charge in [0, 0.05) is 17.5 Å². The van der Waals surface area contributed by atoms with Crippen LogP contribution in [0.4, 0.5) is 5.13 Å². The van der Waals surface area contributed by atoms with Gasteiger partial charge in [-0.1, -0.05) is 6.92 Å². The Kier molecular flexibility index (Phi) is 4.79. The Hall–Kier alpha value is -1.80. The SMILES string of the molecule is CC[C@H](C(=O)Nc1nccs1)N1CCC(c2ncn[nH]2)CC1. The molecule has 3 rings (SSSR count). The molecule has 0 unspecified atom stereocenters. The fourth-order valence-electron chi connectivity index (χ4n) is 2.98. The summed E-state index contributed by atoms with van der Waals surface area (Å²) >= 11 is 1.44. The lowest BCUT2D eigenvalue weighted by Crippen LogP contribution is -2.47. The molecule has 2 aromatic rings. The largest absolute Gasteiger partial charge is 0.301 e. The number of aromatic nitrogens is 4. The van der Waals surface area contributed by atoms with E-state index >= 15 is 0 Å². The molecule has 0 spiro atoms. The van der Waals surface area contributed by atoms with Gasteiger partial charge >= 0.3 is 0 Å². The first kappa shape index (κ1) is 15.1. The van der Waals surface area contributed by atoms with Gasteiger partial charge in [0.25, 0.3) is 0 Å². The predicted octanol–water partition coefficient (Wildman–Crippen LogP) is 1.86. The number of likely N-dealkylation sites (tertiary alicyclic amines) is 1. The van der Waals surface area contributed by atoms with E-state index in [-0.39, 0.29) is 11.9 Å². The topological polar surface area (TPSA) is 86.8 Å². The predicted molar refractivity (Wildman–Crippen MR) is 84.8 cm³/mol. The van der Waals surface area contributed by atoms with Gasteiger partial charge in [-0.2, -0.15) is 5.10 Å². The number of aromatic amines is 1. The van der Waals surface area contributed by atoms with Gasteiger partial charge in [0.2, 0.25) is 5.91 Å². The van der Waals surface area contributed by atoms with Gasteiger partial charge in [-0.25, -0.2) is 9.97 Å². The number of amides is 1. The Morgan fingerprint density at radius 3 is 2.91 bits per heavy atom. The molecule has 22 heavy (non-hydrogen) atoms. The minimum absolute atomic E-state index is 0.0376. The molecule has 1 fully saturated rings. The summed E-state index contributed by atoms with van der Waals surface area (Å²) in [6.45, 7) is 3.85. The van der Waals surface area contributed by atoms with E-state index in [9.17, 15) is 4.79 Å². The van der Waals surface area contributed by atoms with E-state index < -0.39 is 0 Å². The smallest absolute Gasteiger partial charge is 0.243 e. The number of piperidine rings is 1. The van der Waals surface area contributed by atoms with Gasteiger partial charge in [-0.3, -0.25) is 14.8 Å². The van der Waals surface area contributed by atoms with Crippen molar-refractivity contribution in [3.05, 3.63) is 23.7 Å². The Morgan fingerprint density at radius 1 is 1.50 bits per heavy atom. The number of H-pyrrole nitrogens is 1. The maximum Gasteiger partial charge on any atom is 0.243 e. The Labute approximate surface area is 133 Å². The monoisotopic (exact) mass is 320 g/mol. The summed E-state index contributed by atoms with van der Waals surface area (Å²) in [5.74, 6) is 1.41. The number of rotatable bonds is 5. The van der Waals surface area contributed by atoms with Crippen LogP contribution in [0.15, 0.2) is 17.9 Å². The first-order chi connectivity index (χ1) is 10.8. The van der Waals surface area contributed by atoms with E-state index in [0.717, 1.165) is 38.2 Å². The van der Waals surface area contributed by atoms with E-state index in [4.69, 9.17) is 0 Å². The molecule has 0 saturated carbocycles. The average Bonchev–Trinajstić information content (AvgIpc) is 3.22. The van der Waals surface area contributed by atoms with Gasteiger partial charge < -0.3 is 5.32 Å². The maximum atomic E-state index is 12.4. The van der Waals surface area contributed by atoms with Gasteiger partial charge in [0.05, 0.1) is 6.04 Å². The number of carbonyl (C=O) groups is 1. The highest BCUT2D eigenvalue weighted by Gasteiger charge is 2.30. The van der Waals surface area contributed by atoms with Crippen LogP contribution in [0.1, 0.15) is 37.9 Å². The molecule has 1 aliphatic rings. The second-order valence-electron chi connectivity index (χ2n) is 5.43. The first-order valence-electron chi connectivity index (χ1n) is 7.57. The van der Waals surface area contributed by atoms with Gasteiger partial charge in [0.15, 0.2) is 5.13 Å². The third kappa shape index (κ3) is 3.33. The zero-order valence-corrected chi connectivity index (χ0v) is 13.3. The van der Waals surface area contributed by atoms with E-state index in [1.807, 2.05) is 5.38 Å². The molecule has 1 saturated heterocycles. The average molecular weight is 320 g/mol. The molecule has 7 nitrogen and oxygen atoms in total. The fraction of sp³-hybridized carbons (Fsp3) is 0.571. The van der Waals surface area contributed by atoms with Crippen LogP contribution in [-0.4, -0.2) is 50.1 Å². The maximum absolute atomic E-state index is 12.4. The van der Waals surface area contributed by atoms with E-state index in [2.05, 4.69) is 37.3 Å².